The van der Waals surface area contributed by atoms with Crippen LogP contribution in [0.4, 0.5) is 5.69 Å². The Bertz CT molecular complexity index is 824. The standard InChI is InChI=1S/C19H23ClN2O3S/c1-3-22(18-7-5-4-6-8-18)19(23)13-14-21(26(2,24)25)15-16-9-11-17(20)12-10-16/h4-12H,3,13-15H2,1-2H3. The van der Waals surface area contributed by atoms with Crippen LogP contribution in [0, 0.1) is 0 Å². The van der Waals surface area contributed by atoms with E-state index in [-0.39, 0.29) is 25.4 Å². The summed E-state index contributed by atoms with van der Waals surface area (Å²) in [5, 5.41) is 0.594. The van der Waals surface area contributed by atoms with E-state index >= 15 is 0 Å². The molecule has 0 N–H and O–H groups in total. The third-order valence-corrected chi connectivity index (χ3v) is 5.50. The maximum absolute atomic E-state index is 12.6. The second kappa shape index (κ2) is 9.16. The highest BCUT2D eigenvalue weighted by molar-refractivity contribution is 7.88. The number of nitrogens with zero attached hydrogens (tertiary/aromatic N) is 2. The fourth-order valence-corrected chi connectivity index (χ4v) is 3.55. The van der Waals surface area contributed by atoms with E-state index in [1.165, 1.54) is 4.31 Å². The van der Waals surface area contributed by atoms with Crippen LogP contribution in [0.3, 0.4) is 0 Å². The fourth-order valence-electron chi connectivity index (χ4n) is 2.62. The van der Waals surface area contributed by atoms with Crippen molar-refractivity contribution in [3.63, 3.8) is 0 Å². The normalized spacial score (nSPS) is 11.5. The molecule has 0 aliphatic heterocycles. The number of halogens is 1. The average Bonchev–Trinajstić information content (AvgIpc) is 2.60. The van der Waals surface area contributed by atoms with Gasteiger partial charge in [0, 0.05) is 36.8 Å². The molecule has 0 spiro atoms. The van der Waals surface area contributed by atoms with Gasteiger partial charge in [0.2, 0.25) is 15.9 Å². The third kappa shape index (κ3) is 5.83. The topological polar surface area (TPSA) is 57.7 Å². The monoisotopic (exact) mass is 394 g/mol. The van der Waals surface area contributed by atoms with Crippen LogP contribution in [0.1, 0.15) is 18.9 Å². The molecule has 0 bridgehead atoms. The van der Waals surface area contributed by atoms with Crippen molar-refractivity contribution in [2.45, 2.75) is 19.9 Å². The molecule has 0 atom stereocenters. The van der Waals surface area contributed by atoms with E-state index in [0.717, 1.165) is 17.5 Å². The van der Waals surface area contributed by atoms with Gasteiger partial charge in [-0.25, -0.2) is 8.42 Å². The molecule has 2 aromatic rings. The van der Waals surface area contributed by atoms with E-state index in [2.05, 4.69) is 0 Å². The summed E-state index contributed by atoms with van der Waals surface area (Å²) < 4.78 is 25.5. The lowest BCUT2D eigenvalue weighted by Gasteiger charge is -2.24. The summed E-state index contributed by atoms with van der Waals surface area (Å²) in [5.74, 6) is -0.108. The van der Waals surface area contributed by atoms with Crippen molar-refractivity contribution in [2.75, 3.05) is 24.2 Å². The molecule has 0 saturated heterocycles. The van der Waals surface area contributed by atoms with Crippen molar-refractivity contribution in [2.24, 2.45) is 0 Å². The zero-order valence-corrected chi connectivity index (χ0v) is 16.5. The number of anilines is 1. The summed E-state index contributed by atoms with van der Waals surface area (Å²) in [4.78, 5) is 14.2. The van der Waals surface area contributed by atoms with Gasteiger partial charge < -0.3 is 4.90 Å². The minimum atomic E-state index is -3.44. The number of carbonyl (C=O) groups excluding carboxylic acids is 1. The summed E-state index contributed by atoms with van der Waals surface area (Å²) in [6.07, 6.45) is 1.27. The molecule has 0 unspecified atom stereocenters. The van der Waals surface area contributed by atoms with Crippen LogP contribution in [-0.4, -0.2) is 38.0 Å². The van der Waals surface area contributed by atoms with Gasteiger partial charge in [0.1, 0.15) is 0 Å². The fraction of sp³-hybridized carbons (Fsp3) is 0.316. The minimum absolute atomic E-state index is 0.108. The number of sulfonamides is 1. The van der Waals surface area contributed by atoms with Gasteiger partial charge in [0.25, 0.3) is 0 Å². The van der Waals surface area contributed by atoms with Crippen molar-refractivity contribution >= 4 is 33.2 Å². The maximum Gasteiger partial charge on any atom is 0.228 e. The second-order valence-electron chi connectivity index (χ2n) is 5.95. The number of rotatable bonds is 8. The van der Waals surface area contributed by atoms with Crippen LogP contribution >= 0.6 is 11.6 Å². The highest BCUT2D eigenvalue weighted by Gasteiger charge is 2.21. The predicted molar refractivity (Wildman–Crippen MR) is 106 cm³/mol. The van der Waals surface area contributed by atoms with E-state index in [1.54, 1.807) is 29.2 Å². The first kappa shape index (κ1) is 20.4. The molecule has 0 saturated carbocycles. The molecule has 140 valence electrons. The Morgan fingerprint density at radius 1 is 1.04 bits per heavy atom. The Hall–Kier alpha value is -1.89. The van der Waals surface area contributed by atoms with E-state index in [4.69, 9.17) is 11.6 Å². The van der Waals surface area contributed by atoms with Crippen LogP contribution in [0.25, 0.3) is 0 Å². The molecule has 5 nitrogen and oxygen atoms in total. The lowest BCUT2D eigenvalue weighted by atomic mass is 10.2. The van der Waals surface area contributed by atoms with Crippen LogP contribution in [-0.2, 0) is 21.4 Å². The number of amides is 1. The lowest BCUT2D eigenvalue weighted by molar-refractivity contribution is -0.118. The summed E-state index contributed by atoms with van der Waals surface area (Å²) in [5.41, 5.74) is 1.63. The highest BCUT2D eigenvalue weighted by Crippen LogP contribution is 2.16. The Kier molecular flexibility index (Phi) is 7.20. The van der Waals surface area contributed by atoms with Gasteiger partial charge in [-0.2, -0.15) is 4.31 Å². The van der Waals surface area contributed by atoms with Gasteiger partial charge in [-0.15, -0.1) is 0 Å². The molecule has 2 rings (SSSR count). The quantitative estimate of drug-likeness (QED) is 0.688. The van der Waals surface area contributed by atoms with Gasteiger partial charge in [0.15, 0.2) is 0 Å². The first-order chi connectivity index (χ1) is 12.3. The molecular formula is C19H23ClN2O3S. The lowest BCUT2D eigenvalue weighted by Crippen LogP contribution is -2.36. The SMILES string of the molecule is CCN(C(=O)CCN(Cc1ccc(Cl)cc1)S(C)(=O)=O)c1ccccc1. The number of carbonyl (C=O) groups is 1. The summed E-state index contributed by atoms with van der Waals surface area (Å²) in [6.45, 7) is 2.76. The first-order valence-corrected chi connectivity index (χ1v) is 10.6. The smallest absolute Gasteiger partial charge is 0.228 e. The molecule has 0 aliphatic rings. The van der Waals surface area contributed by atoms with Crippen LogP contribution in [0.2, 0.25) is 5.02 Å². The molecule has 2 aromatic carbocycles. The molecule has 7 heteroatoms. The molecule has 26 heavy (non-hydrogen) atoms. The van der Waals surface area contributed by atoms with Gasteiger partial charge in [0.05, 0.1) is 6.26 Å². The van der Waals surface area contributed by atoms with Gasteiger partial charge in [-0.05, 0) is 36.8 Å². The van der Waals surface area contributed by atoms with Crippen LogP contribution in [0.5, 0.6) is 0 Å². The van der Waals surface area contributed by atoms with Crippen molar-refractivity contribution in [3.8, 4) is 0 Å². The molecule has 0 aliphatic carbocycles. The van der Waals surface area contributed by atoms with Crippen molar-refractivity contribution < 1.29 is 13.2 Å². The number of hydrogen-bond acceptors (Lipinski definition) is 3. The highest BCUT2D eigenvalue weighted by atomic mass is 35.5. The average molecular weight is 395 g/mol. The molecule has 0 fully saturated rings. The molecule has 0 aromatic heterocycles. The van der Waals surface area contributed by atoms with Crippen molar-refractivity contribution in [1.82, 2.24) is 4.31 Å². The Labute approximate surface area is 160 Å². The first-order valence-electron chi connectivity index (χ1n) is 8.36. The van der Waals surface area contributed by atoms with E-state index < -0.39 is 10.0 Å². The van der Waals surface area contributed by atoms with Crippen molar-refractivity contribution in [3.05, 3.63) is 65.2 Å². The Morgan fingerprint density at radius 3 is 2.19 bits per heavy atom. The minimum Gasteiger partial charge on any atom is -0.313 e. The Balaban J connectivity index is 2.06. The second-order valence-corrected chi connectivity index (χ2v) is 8.37. The molecular weight excluding hydrogens is 372 g/mol. The Morgan fingerprint density at radius 2 is 1.65 bits per heavy atom. The van der Waals surface area contributed by atoms with Crippen LogP contribution < -0.4 is 4.90 Å². The largest absolute Gasteiger partial charge is 0.313 e. The summed E-state index contributed by atoms with van der Waals surface area (Å²) in [6, 6.07) is 16.4. The summed E-state index contributed by atoms with van der Waals surface area (Å²) in [7, 11) is -3.44. The van der Waals surface area contributed by atoms with E-state index in [1.807, 2.05) is 37.3 Å². The number of benzene rings is 2. The van der Waals surface area contributed by atoms with Crippen LogP contribution in [0.15, 0.2) is 54.6 Å². The maximum atomic E-state index is 12.6. The molecule has 1 amide bonds. The van der Waals surface area contributed by atoms with Gasteiger partial charge in [-0.1, -0.05) is 41.9 Å². The van der Waals surface area contributed by atoms with Crippen molar-refractivity contribution in [1.29, 1.82) is 0 Å². The summed E-state index contributed by atoms with van der Waals surface area (Å²) >= 11 is 5.87. The zero-order chi connectivity index (χ0) is 19.2. The van der Waals surface area contributed by atoms with E-state index in [9.17, 15) is 13.2 Å². The molecule has 0 radical (unpaired) electrons. The zero-order valence-electron chi connectivity index (χ0n) is 14.9. The van der Waals surface area contributed by atoms with E-state index in [0.29, 0.717) is 11.6 Å². The molecule has 0 heterocycles. The number of hydrogen-bond donors (Lipinski definition) is 0. The van der Waals surface area contributed by atoms with Gasteiger partial charge >= 0.3 is 0 Å². The third-order valence-electron chi connectivity index (χ3n) is 4.00. The number of para-hydroxylation sites is 1. The predicted octanol–water partition coefficient (Wildman–Crippen LogP) is 3.54. The van der Waals surface area contributed by atoms with Gasteiger partial charge in [-0.3, -0.25) is 4.79 Å².